The molecule has 0 aliphatic heterocycles. The molecule has 19 heavy (non-hydrogen) atoms. The van der Waals surface area contributed by atoms with Crippen LogP contribution in [0.15, 0.2) is 36.4 Å². The average Bonchev–Trinajstić information content (AvgIpc) is 2.41. The van der Waals surface area contributed by atoms with E-state index in [2.05, 4.69) is 5.32 Å². The lowest BCUT2D eigenvalue weighted by atomic mass is 10.1. The van der Waals surface area contributed by atoms with E-state index < -0.39 is 11.6 Å². The third-order valence-corrected chi connectivity index (χ3v) is 2.65. The molecule has 3 N–H and O–H groups in total. The summed E-state index contributed by atoms with van der Waals surface area (Å²) in [6, 6.07) is 10.5. The van der Waals surface area contributed by atoms with Gasteiger partial charge in [-0.1, -0.05) is 6.07 Å². The molecule has 0 unspecified atom stereocenters. The van der Waals surface area contributed by atoms with Gasteiger partial charge in [0.25, 0.3) is 0 Å². The van der Waals surface area contributed by atoms with E-state index in [9.17, 15) is 8.78 Å². The first-order valence-electron chi connectivity index (χ1n) is 5.57. The number of nitrogens with zero attached hydrogens (tertiary/aromatic N) is 1. The van der Waals surface area contributed by atoms with Crippen LogP contribution in [-0.2, 0) is 6.54 Å². The lowest BCUT2D eigenvalue weighted by Crippen LogP contribution is -2.03. The Kier molecular flexibility index (Phi) is 3.62. The van der Waals surface area contributed by atoms with Crippen molar-refractivity contribution in [1.29, 1.82) is 5.26 Å². The van der Waals surface area contributed by atoms with Crippen LogP contribution in [0.2, 0.25) is 0 Å². The molecule has 2 aromatic carbocycles. The Bertz CT molecular complexity index is 648. The van der Waals surface area contributed by atoms with Gasteiger partial charge in [0.15, 0.2) is 11.6 Å². The van der Waals surface area contributed by atoms with Gasteiger partial charge in [-0.25, -0.2) is 8.78 Å². The van der Waals surface area contributed by atoms with Crippen molar-refractivity contribution < 1.29 is 8.78 Å². The number of nitriles is 1. The first kappa shape index (κ1) is 12.8. The highest BCUT2D eigenvalue weighted by Crippen LogP contribution is 2.20. The van der Waals surface area contributed by atoms with Gasteiger partial charge in [-0.2, -0.15) is 5.26 Å². The van der Waals surface area contributed by atoms with E-state index in [0.29, 0.717) is 22.5 Å². The number of hydrogen-bond acceptors (Lipinski definition) is 3. The van der Waals surface area contributed by atoms with Crippen molar-refractivity contribution >= 4 is 11.4 Å². The van der Waals surface area contributed by atoms with Gasteiger partial charge in [0.1, 0.15) is 0 Å². The van der Waals surface area contributed by atoms with Gasteiger partial charge in [-0.15, -0.1) is 0 Å². The molecule has 0 fully saturated rings. The fourth-order valence-electron chi connectivity index (χ4n) is 1.63. The van der Waals surface area contributed by atoms with Crippen molar-refractivity contribution in [3.63, 3.8) is 0 Å². The zero-order chi connectivity index (χ0) is 13.8. The number of nitrogens with one attached hydrogen (secondary N) is 1. The van der Waals surface area contributed by atoms with E-state index in [-0.39, 0.29) is 6.54 Å². The van der Waals surface area contributed by atoms with Crippen LogP contribution in [0.1, 0.15) is 11.1 Å². The molecule has 0 spiro atoms. The van der Waals surface area contributed by atoms with Crippen LogP contribution in [0.5, 0.6) is 0 Å². The number of hydrogen-bond donors (Lipinski definition) is 2. The third kappa shape index (κ3) is 2.99. The number of benzene rings is 2. The summed E-state index contributed by atoms with van der Waals surface area (Å²) in [6.07, 6.45) is 0. The van der Waals surface area contributed by atoms with Crippen molar-refractivity contribution in [2.75, 3.05) is 11.1 Å². The normalized spacial score (nSPS) is 9.95. The SMILES string of the molecule is N#Cc1ccc(N)c(NCc2ccc(F)c(F)c2)c1. The van der Waals surface area contributed by atoms with Gasteiger partial charge in [-0.3, -0.25) is 0 Å². The zero-order valence-corrected chi connectivity index (χ0v) is 9.95. The molecule has 0 radical (unpaired) electrons. The Morgan fingerprint density at radius 3 is 2.58 bits per heavy atom. The van der Waals surface area contributed by atoms with Crippen LogP contribution >= 0.6 is 0 Å². The zero-order valence-electron chi connectivity index (χ0n) is 9.95. The topological polar surface area (TPSA) is 61.8 Å². The summed E-state index contributed by atoms with van der Waals surface area (Å²) in [6.45, 7) is 0.288. The standard InChI is InChI=1S/C14H11F2N3/c15-11-3-1-10(5-12(11)16)8-19-14-6-9(7-17)2-4-13(14)18/h1-6,19H,8,18H2. The molecular weight excluding hydrogens is 248 g/mol. The first-order chi connectivity index (χ1) is 9.10. The van der Waals surface area contributed by atoms with Crippen LogP contribution in [0.25, 0.3) is 0 Å². The molecule has 0 saturated heterocycles. The van der Waals surface area contributed by atoms with Gasteiger partial charge >= 0.3 is 0 Å². The maximum absolute atomic E-state index is 13.0. The highest BCUT2D eigenvalue weighted by molar-refractivity contribution is 5.68. The Morgan fingerprint density at radius 2 is 1.89 bits per heavy atom. The molecule has 5 heteroatoms. The number of rotatable bonds is 3. The van der Waals surface area contributed by atoms with Gasteiger partial charge in [0.2, 0.25) is 0 Å². The van der Waals surface area contributed by atoms with Crippen LogP contribution in [0.4, 0.5) is 20.2 Å². The smallest absolute Gasteiger partial charge is 0.159 e. The van der Waals surface area contributed by atoms with E-state index in [1.807, 2.05) is 6.07 Å². The van der Waals surface area contributed by atoms with Gasteiger partial charge in [-0.05, 0) is 35.9 Å². The van der Waals surface area contributed by atoms with E-state index >= 15 is 0 Å². The van der Waals surface area contributed by atoms with Gasteiger partial charge in [0, 0.05) is 6.54 Å². The second-order valence-electron chi connectivity index (χ2n) is 4.02. The predicted molar refractivity (Wildman–Crippen MR) is 69.3 cm³/mol. The molecule has 0 bridgehead atoms. The molecule has 0 aliphatic carbocycles. The highest BCUT2D eigenvalue weighted by Gasteiger charge is 2.04. The van der Waals surface area contributed by atoms with Crippen molar-refractivity contribution in [2.24, 2.45) is 0 Å². The van der Waals surface area contributed by atoms with Crippen LogP contribution in [-0.4, -0.2) is 0 Å². The van der Waals surface area contributed by atoms with E-state index in [0.717, 1.165) is 12.1 Å². The third-order valence-electron chi connectivity index (χ3n) is 2.65. The molecule has 0 heterocycles. The second kappa shape index (κ2) is 5.36. The summed E-state index contributed by atoms with van der Waals surface area (Å²) >= 11 is 0. The minimum atomic E-state index is -0.891. The Hall–Kier alpha value is -2.61. The first-order valence-corrected chi connectivity index (χ1v) is 5.57. The molecule has 0 aromatic heterocycles. The summed E-state index contributed by atoms with van der Waals surface area (Å²) in [5.74, 6) is -1.77. The molecule has 0 atom stereocenters. The van der Waals surface area contributed by atoms with Crippen LogP contribution in [0.3, 0.4) is 0 Å². The lowest BCUT2D eigenvalue weighted by molar-refractivity contribution is 0.507. The molecule has 0 amide bonds. The summed E-state index contributed by atoms with van der Waals surface area (Å²) < 4.78 is 25.8. The molecular formula is C14H11F2N3. The van der Waals surface area contributed by atoms with Crippen molar-refractivity contribution in [3.05, 3.63) is 59.2 Å². The molecule has 96 valence electrons. The summed E-state index contributed by atoms with van der Waals surface area (Å²) in [5, 5.41) is 11.8. The minimum Gasteiger partial charge on any atom is -0.397 e. The highest BCUT2D eigenvalue weighted by atomic mass is 19.2. The summed E-state index contributed by atoms with van der Waals surface area (Å²) in [7, 11) is 0. The molecule has 0 saturated carbocycles. The second-order valence-corrected chi connectivity index (χ2v) is 4.02. The monoisotopic (exact) mass is 259 g/mol. The molecule has 2 aromatic rings. The number of nitrogen functional groups attached to an aromatic ring is 1. The predicted octanol–water partition coefficient (Wildman–Crippen LogP) is 3.03. The number of nitrogens with two attached hydrogens (primary N) is 1. The van der Waals surface area contributed by atoms with Gasteiger partial charge in [0.05, 0.1) is 23.0 Å². The summed E-state index contributed by atoms with van der Waals surface area (Å²) in [5.41, 5.74) is 7.89. The largest absolute Gasteiger partial charge is 0.397 e. The molecule has 3 nitrogen and oxygen atoms in total. The average molecular weight is 259 g/mol. The molecule has 0 aliphatic rings. The van der Waals surface area contributed by atoms with Crippen molar-refractivity contribution in [3.8, 4) is 6.07 Å². The van der Waals surface area contributed by atoms with E-state index in [1.165, 1.54) is 6.07 Å². The summed E-state index contributed by atoms with van der Waals surface area (Å²) in [4.78, 5) is 0. The van der Waals surface area contributed by atoms with Gasteiger partial charge < -0.3 is 11.1 Å². The van der Waals surface area contributed by atoms with E-state index in [4.69, 9.17) is 11.0 Å². The van der Waals surface area contributed by atoms with Crippen molar-refractivity contribution in [2.45, 2.75) is 6.54 Å². The fraction of sp³-hybridized carbons (Fsp3) is 0.0714. The van der Waals surface area contributed by atoms with Crippen molar-refractivity contribution in [1.82, 2.24) is 0 Å². The molecule has 2 rings (SSSR count). The van der Waals surface area contributed by atoms with Crippen LogP contribution < -0.4 is 11.1 Å². The Labute approximate surface area is 109 Å². The number of halogens is 2. The maximum Gasteiger partial charge on any atom is 0.159 e. The fourth-order valence-corrected chi connectivity index (χ4v) is 1.63. The van der Waals surface area contributed by atoms with Crippen LogP contribution in [0, 0.1) is 23.0 Å². The Balaban J connectivity index is 2.14. The minimum absolute atomic E-state index is 0.288. The van der Waals surface area contributed by atoms with E-state index in [1.54, 1.807) is 18.2 Å². The quantitative estimate of drug-likeness (QED) is 0.833. The Morgan fingerprint density at radius 1 is 1.11 bits per heavy atom. The maximum atomic E-state index is 13.0. The number of anilines is 2. The lowest BCUT2D eigenvalue weighted by Gasteiger charge is -2.10.